The van der Waals surface area contributed by atoms with Gasteiger partial charge in [0.25, 0.3) is 0 Å². The van der Waals surface area contributed by atoms with Crippen LogP contribution >= 0.6 is 11.8 Å². The molecule has 0 aliphatic carbocycles. The summed E-state index contributed by atoms with van der Waals surface area (Å²) in [6, 6.07) is 18.5. The van der Waals surface area contributed by atoms with Crippen molar-refractivity contribution in [1.82, 2.24) is 4.90 Å². The van der Waals surface area contributed by atoms with E-state index in [9.17, 15) is 14.7 Å². The molecular weight excluding hydrogens is 360 g/mol. The van der Waals surface area contributed by atoms with Crippen molar-refractivity contribution < 1.29 is 14.7 Å². The Hall–Kier alpha value is -2.31. The molecule has 1 aliphatic heterocycles. The monoisotopic (exact) mass is 384 g/mol. The van der Waals surface area contributed by atoms with Gasteiger partial charge < -0.3 is 14.9 Å². The maximum absolute atomic E-state index is 12.7. The summed E-state index contributed by atoms with van der Waals surface area (Å²) in [5.41, 5.74) is 1.62. The van der Waals surface area contributed by atoms with Gasteiger partial charge in [0.2, 0.25) is 11.8 Å². The van der Waals surface area contributed by atoms with Crippen LogP contribution in [0.2, 0.25) is 0 Å². The number of anilines is 1. The van der Waals surface area contributed by atoms with Crippen LogP contribution in [0.1, 0.15) is 24.5 Å². The molecule has 1 aliphatic rings. The van der Waals surface area contributed by atoms with Gasteiger partial charge in [-0.3, -0.25) is 9.59 Å². The van der Waals surface area contributed by atoms with E-state index in [0.717, 1.165) is 11.3 Å². The summed E-state index contributed by atoms with van der Waals surface area (Å²) in [5, 5.41) is 10.7. The van der Waals surface area contributed by atoms with Crippen LogP contribution < -0.4 is 4.90 Å². The first-order valence-electron chi connectivity index (χ1n) is 8.99. The van der Waals surface area contributed by atoms with Crippen LogP contribution in [0.15, 0.2) is 60.7 Å². The number of aliphatic hydroxyl groups is 1. The molecule has 2 amide bonds. The zero-order valence-corrected chi connectivity index (χ0v) is 16.1. The Kier molecular flexibility index (Phi) is 6.53. The molecule has 1 saturated heterocycles. The second-order valence-corrected chi connectivity index (χ2v) is 7.57. The molecular formula is C21H24N2O3S. The Balaban J connectivity index is 1.58. The van der Waals surface area contributed by atoms with Gasteiger partial charge in [-0.1, -0.05) is 48.5 Å². The van der Waals surface area contributed by atoms with E-state index in [-0.39, 0.29) is 30.7 Å². The topological polar surface area (TPSA) is 60.9 Å². The van der Waals surface area contributed by atoms with E-state index in [1.165, 1.54) is 0 Å². The number of nitrogens with zero attached hydrogens (tertiary/aromatic N) is 2. The second-order valence-electron chi connectivity index (χ2n) is 6.57. The van der Waals surface area contributed by atoms with Gasteiger partial charge in [0, 0.05) is 31.3 Å². The van der Waals surface area contributed by atoms with Crippen molar-refractivity contribution in [3.8, 4) is 0 Å². The van der Waals surface area contributed by atoms with Crippen molar-refractivity contribution >= 4 is 29.3 Å². The number of hydrogen-bond donors (Lipinski definition) is 1. The highest BCUT2D eigenvalue weighted by Gasteiger charge is 2.35. The maximum atomic E-state index is 12.7. The SMILES string of the molecule is CN(C(=O)CCC(=O)N1CSCC1C(O)c1ccccc1)c1ccccc1. The third kappa shape index (κ3) is 4.70. The number of aliphatic hydroxyl groups excluding tert-OH is 1. The molecule has 6 heteroatoms. The zero-order valence-electron chi connectivity index (χ0n) is 15.3. The highest BCUT2D eigenvalue weighted by atomic mass is 32.2. The largest absolute Gasteiger partial charge is 0.386 e. The number of benzene rings is 2. The predicted octanol–water partition coefficient (Wildman–Crippen LogP) is 3.06. The number of thioether (sulfide) groups is 1. The van der Waals surface area contributed by atoms with Crippen LogP contribution in [0.4, 0.5) is 5.69 Å². The summed E-state index contributed by atoms with van der Waals surface area (Å²) in [5.74, 6) is 1.06. The van der Waals surface area contributed by atoms with Gasteiger partial charge in [-0.2, -0.15) is 0 Å². The molecule has 1 fully saturated rings. The Morgan fingerprint density at radius 2 is 1.74 bits per heavy atom. The minimum absolute atomic E-state index is 0.0882. The molecule has 2 aromatic carbocycles. The predicted molar refractivity (Wildman–Crippen MR) is 108 cm³/mol. The van der Waals surface area contributed by atoms with Crippen molar-refractivity contribution in [2.24, 2.45) is 0 Å². The molecule has 1 heterocycles. The minimum Gasteiger partial charge on any atom is -0.386 e. The number of para-hydroxylation sites is 1. The first kappa shape index (κ1) is 19.5. The van der Waals surface area contributed by atoms with Crippen LogP contribution in [0.3, 0.4) is 0 Å². The van der Waals surface area contributed by atoms with Crippen molar-refractivity contribution in [2.45, 2.75) is 25.0 Å². The molecule has 5 nitrogen and oxygen atoms in total. The molecule has 27 heavy (non-hydrogen) atoms. The first-order valence-corrected chi connectivity index (χ1v) is 10.1. The summed E-state index contributed by atoms with van der Waals surface area (Å²) < 4.78 is 0. The van der Waals surface area contributed by atoms with Gasteiger partial charge in [-0.15, -0.1) is 11.8 Å². The highest BCUT2D eigenvalue weighted by molar-refractivity contribution is 7.99. The average molecular weight is 385 g/mol. The molecule has 0 bridgehead atoms. The molecule has 0 saturated carbocycles. The van der Waals surface area contributed by atoms with Crippen LogP contribution in [0.5, 0.6) is 0 Å². The van der Waals surface area contributed by atoms with Gasteiger partial charge in [0.05, 0.1) is 11.9 Å². The highest BCUT2D eigenvalue weighted by Crippen LogP contribution is 2.31. The zero-order chi connectivity index (χ0) is 19.2. The Morgan fingerprint density at radius 3 is 2.41 bits per heavy atom. The van der Waals surface area contributed by atoms with Crippen LogP contribution in [0.25, 0.3) is 0 Å². The lowest BCUT2D eigenvalue weighted by Gasteiger charge is -2.28. The third-order valence-corrected chi connectivity index (χ3v) is 5.85. The van der Waals surface area contributed by atoms with Gasteiger partial charge in [-0.05, 0) is 17.7 Å². The fraction of sp³-hybridized carbons (Fsp3) is 0.333. The summed E-state index contributed by atoms with van der Waals surface area (Å²) >= 11 is 1.63. The average Bonchev–Trinajstić information content (AvgIpc) is 3.22. The van der Waals surface area contributed by atoms with E-state index in [1.54, 1.807) is 28.6 Å². The first-order chi connectivity index (χ1) is 13.1. The molecule has 142 valence electrons. The normalized spacial score (nSPS) is 17.6. The van der Waals surface area contributed by atoms with Crippen molar-refractivity contribution in [1.29, 1.82) is 0 Å². The Morgan fingerprint density at radius 1 is 1.11 bits per heavy atom. The van der Waals surface area contributed by atoms with E-state index < -0.39 is 6.10 Å². The Labute approximate surface area is 164 Å². The fourth-order valence-electron chi connectivity index (χ4n) is 3.17. The summed E-state index contributed by atoms with van der Waals surface area (Å²) in [6.07, 6.45) is -0.415. The van der Waals surface area contributed by atoms with E-state index in [0.29, 0.717) is 11.6 Å². The van der Waals surface area contributed by atoms with Gasteiger partial charge >= 0.3 is 0 Å². The van der Waals surface area contributed by atoms with Crippen LogP contribution in [0, 0.1) is 0 Å². The molecule has 0 spiro atoms. The quantitative estimate of drug-likeness (QED) is 0.832. The lowest BCUT2D eigenvalue weighted by atomic mass is 10.0. The number of carbonyl (C=O) groups excluding carboxylic acids is 2. The van der Waals surface area contributed by atoms with Gasteiger partial charge in [0.15, 0.2) is 0 Å². The smallest absolute Gasteiger partial charge is 0.227 e. The minimum atomic E-state index is -0.715. The summed E-state index contributed by atoms with van der Waals surface area (Å²) in [4.78, 5) is 28.4. The molecule has 0 radical (unpaired) electrons. The third-order valence-electron chi connectivity index (χ3n) is 4.82. The molecule has 3 rings (SSSR count). The number of carbonyl (C=O) groups is 2. The van der Waals surface area contributed by atoms with Crippen molar-refractivity contribution in [3.05, 3.63) is 66.2 Å². The summed E-state index contributed by atoms with van der Waals surface area (Å²) in [7, 11) is 1.72. The van der Waals surface area contributed by atoms with Crippen molar-refractivity contribution in [2.75, 3.05) is 23.6 Å². The Bertz CT molecular complexity index is 770. The molecule has 2 atom stereocenters. The fourth-order valence-corrected chi connectivity index (χ4v) is 4.41. The van der Waals surface area contributed by atoms with Crippen molar-refractivity contribution in [3.63, 3.8) is 0 Å². The second kappa shape index (κ2) is 9.06. The van der Waals surface area contributed by atoms with E-state index in [2.05, 4.69) is 0 Å². The molecule has 2 aromatic rings. The van der Waals surface area contributed by atoms with Gasteiger partial charge in [-0.25, -0.2) is 0 Å². The molecule has 2 unspecified atom stereocenters. The van der Waals surface area contributed by atoms with Gasteiger partial charge in [0.1, 0.15) is 6.10 Å². The number of amides is 2. The summed E-state index contributed by atoms with van der Waals surface area (Å²) in [6.45, 7) is 0. The lowest BCUT2D eigenvalue weighted by molar-refractivity contribution is -0.135. The molecule has 0 aromatic heterocycles. The van der Waals surface area contributed by atoms with Crippen LogP contribution in [-0.4, -0.2) is 46.5 Å². The van der Waals surface area contributed by atoms with E-state index in [4.69, 9.17) is 0 Å². The molecule has 1 N–H and O–H groups in total. The lowest BCUT2D eigenvalue weighted by Crippen LogP contribution is -2.41. The standard InChI is InChI=1S/C21H24N2O3S/c1-22(17-10-6-3-7-11-17)19(24)12-13-20(25)23-15-27-14-18(23)21(26)16-8-4-2-5-9-16/h2-11,18,21,26H,12-15H2,1H3. The number of rotatable bonds is 6. The van der Waals surface area contributed by atoms with Crippen LogP contribution in [-0.2, 0) is 9.59 Å². The van der Waals surface area contributed by atoms with E-state index in [1.807, 2.05) is 60.7 Å². The van der Waals surface area contributed by atoms with E-state index >= 15 is 0 Å². The maximum Gasteiger partial charge on any atom is 0.227 e. The number of hydrogen-bond acceptors (Lipinski definition) is 4.